The Morgan fingerprint density at radius 3 is 2.19 bits per heavy atom. The number of carbonyl (C=O) groups excluding carboxylic acids is 5. The second kappa shape index (κ2) is 27.0. The standard InChI is InChI=1S/C56H92N2O13Si/c1-34-20-16-15-17-21-35(2)46(66-10)32-41-25-23-39(6)56(65,70-41)52(62)53(63)58-27-19-18-22-43(58)54(64)69-47(33-44(59)36(3)29-38(5)51(68-12)50(61)49(60)37(4)28-34)42(57)30-40-24-26-45(48(31-40)67-11)71-72(13,14)55(7,8)9/h15-17,20-21,29,34,36-37,39-43,45-48,50-51,61,65H,18-19,22-28,30-33,57H2,1-14H3/b17-15?,20-16+,35-21?,38-29+/t34-,36-,37-,39-,40+,41+,42-,43+,45?,46+,47+,48-,50+,51-,56-/m1/s1. The summed E-state index contributed by atoms with van der Waals surface area (Å²) in [6, 6.07) is -1.99. The lowest BCUT2D eigenvalue weighted by atomic mass is 9.80. The maximum absolute atomic E-state index is 14.5. The molecule has 72 heavy (non-hydrogen) atoms. The predicted molar refractivity (Wildman–Crippen MR) is 280 cm³/mol. The Labute approximate surface area is 432 Å². The first-order chi connectivity index (χ1) is 33.7. The molecular weight excluding hydrogens is 937 g/mol. The van der Waals surface area contributed by atoms with E-state index in [-0.39, 0.29) is 60.0 Å². The molecule has 4 rings (SSSR count). The Hall–Kier alpha value is -3.19. The van der Waals surface area contributed by atoms with Gasteiger partial charge in [-0.25, -0.2) is 4.79 Å². The fourth-order valence-electron chi connectivity index (χ4n) is 10.7. The highest BCUT2D eigenvalue weighted by atomic mass is 28.4. The van der Waals surface area contributed by atoms with Gasteiger partial charge in [0.2, 0.25) is 5.79 Å². The molecular formula is C56H92N2O13Si. The summed E-state index contributed by atoms with van der Waals surface area (Å²) in [5.74, 6) is -8.06. The first-order valence-corrected chi connectivity index (χ1v) is 29.5. The van der Waals surface area contributed by atoms with Crippen LogP contribution in [0.1, 0.15) is 139 Å². The molecule has 0 aromatic heterocycles. The summed E-state index contributed by atoms with van der Waals surface area (Å²) in [6.45, 7) is 21.9. The number of nitrogens with two attached hydrogens (primary N) is 1. The van der Waals surface area contributed by atoms with E-state index in [0.717, 1.165) is 18.4 Å². The number of esters is 1. The lowest BCUT2D eigenvalue weighted by Gasteiger charge is -2.44. The van der Waals surface area contributed by atoms with Gasteiger partial charge in [0, 0.05) is 64.5 Å². The number of fused-ring (bicyclic) bond motifs is 3. The monoisotopic (exact) mass is 1030 g/mol. The van der Waals surface area contributed by atoms with Crippen molar-refractivity contribution in [1.29, 1.82) is 0 Å². The molecule has 3 fully saturated rings. The zero-order valence-corrected chi connectivity index (χ0v) is 47.1. The van der Waals surface area contributed by atoms with Gasteiger partial charge in [0.15, 0.2) is 14.1 Å². The molecule has 0 aromatic carbocycles. The summed E-state index contributed by atoms with van der Waals surface area (Å²) in [4.78, 5) is 72.4. The fourth-order valence-corrected chi connectivity index (χ4v) is 12.0. The Kier molecular flexibility index (Phi) is 23.0. The number of piperidine rings is 1. The minimum Gasteiger partial charge on any atom is -0.459 e. The number of amides is 1. The summed E-state index contributed by atoms with van der Waals surface area (Å²) in [7, 11) is 2.56. The highest BCUT2D eigenvalue weighted by molar-refractivity contribution is 6.74. The zero-order valence-electron chi connectivity index (χ0n) is 46.1. The first kappa shape index (κ1) is 61.4. The first-order valence-electron chi connectivity index (χ1n) is 26.6. The molecule has 4 N–H and O–H groups in total. The number of hydrogen-bond acceptors (Lipinski definition) is 14. The number of allylic oxidation sites excluding steroid dienone is 6. The third-order valence-electron chi connectivity index (χ3n) is 16.4. The molecule has 2 saturated heterocycles. The van der Waals surface area contributed by atoms with Crippen LogP contribution in [0.3, 0.4) is 0 Å². The van der Waals surface area contributed by atoms with Gasteiger partial charge in [-0.2, -0.15) is 0 Å². The van der Waals surface area contributed by atoms with E-state index in [0.29, 0.717) is 56.9 Å². The second-order valence-electron chi connectivity index (χ2n) is 23.1. The van der Waals surface area contributed by atoms with Crippen LogP contribution in [-0.4, -0.2) is 141 Å². The molecule has 15 nitrogen and oxygen atoms in total. The molecule has 1 unspecified atom stereocenters. The van der Waals surface area contributed by atoms with Crippen molar-refractivity contribution >= 4 is 37.5 Å². The molecule has 2 bridgehead atoms. The average molecular weight is 1030 g/mol. The summed E-state index contributed by atoms with van der Waals surface area (Å²) >= 11 is 0. The van der Waals surface area contributed by atoms with Crippen LogP contribution < -0.4 is 5.73 Å². The van der Waals surface area contributed by atoms with Crippen LogP contribution in [0.15, 0.2) is 47.6 Å². The largest absolute Gasteiger partial charge is 0.459 e. The van der Waals surface area contributed by atoms with Gasteiger partial charge in [0.1, 0.15) is 30.1 Å². The van der Waals surface area contributed by atoms with Crippen LogP contribution >= 0.6 is 0 Å². The van der Waals surface area contributed by atoms with E-state index >= 15 is 0 Å². The number of cyclic esters (lactones) is 1. The van der Waals surface area contributed by atoms with Gasteiger partial charge in [-0.05, 0) is 119 Å². The van der Waals surface area contributed by atoms with Gasteiger partial charge in [-0.15, -0.1) is 0 Å². The van der Waals surface area contributed by atoms with Crippen LogP contribution in [-0.2, 0) is 52.1 Å². The maximum Gasteiger partial charge on any atom is 0.329 e. The zero-order chi connectivity index (χ0) is 53.9. The minimum absolute atomic E-state index is 0.00457. The van der Waals surface area contributed by atoms with Crippen LogP contribution in [0.5, 0.6) is 0 Å². The predicted octanol–water partition coefficient (Wildman–Crippen LogP) is 7.90. The number of ether oxygens (including phenoxy) is 5. The van der Waals surface area contributed by atoms with Crippen molar-refractivity contribution in [3.63, 3.8) is 0 Å². The van der Waals surface area contributed by atoms with E-state index in [1.165, 1.54) is 12.0 Å². The topological polar surface area (TPSA) is 210 Å². The van der Waals surface area contributed by atoms with Crippen LogP contribution in [0.2, 0.25) is 18.1 Å². The van der Waals surface area contributed by atoms with Crippen molar-refractivity contribution in [3.8, 4) is 0 Å². The highest BCUT2D eigenvalue weighted by Crippen LogP contribution is 2.42. The number of hydrogen-bond donors (Lipinski definition) is 3. The normalized spacial score (nSPS) is 37.0. The van der Waals surface area contributed by atoms with Crippen molar-refractivity contribution in [2.75, 3.05) is 27.9 Å². The summed E-state index contributed by atoms with van der Waals surface area (Å²) in [5.41, 5.74) is 8.40. The SMILES string of the molecule is CO[C@H]1C[C@@H]2CC[C@@H](C)[C@@](O)(O2)C(=O)C(=O)N2CCCC[C@H]2C(=O)O[C@H]([C@H](N)C[C@@H]2CCC(O[Si](C)(C)C(C)(C)C)[C@H](OC)C2)CC(=O)[C@H](C)/C=C(\C)[C@@H](OC)[C@@H](O)C(=O)[C@H](C)C[C@H](C)/C=C/C=CC=C1C. The molecule has 3 heterocycles. The molecule has 408 valence electrons. The van der Waals surface area contributed by atoms with Crippen molar-refractivity contribution in [2.24, 2.45) is 35.3 Å². The summed E-state index contributed by atoms with van der Waals surface area (Å²) in [6.07, 6.45) is 11.5. The van der Waals surface area contributed by atoms with Gasteiger partial charge in [-0.3, -0.25) is 19.2 Å². The van der Waals surface area contributed by atoms with Crippen molar-refractivity contribution < 1.29 is 62.3 Å². The Morgan fingerprint density at radius 1 is 0.861 bits per heavy atom. The number of carbonyl (C=O) groups is 5. The highest BCUT2D eigenvalue weighted by Gasteiger charge is 2.53. The van der Waals surface area contributed by atoms with Crippen LogP contribution in [0, 0.1) is 29.6 Å². The number of rotatable bonds is 8. The molecule has 1 amide bonds. The molecule has 4 aliphatic rings. The van der Waals surface area contributed by atoms with E-state index in [1.54, 1.807) is 48.0 Å². The number of nitrogens with zero attached hydrogens (tertiary/aromatic N) is 1. The molecule has 1 aliphatic carbocycles. The van der Waals surface area contributed by atoms with Crippen LogP contribution in [0.25, 0.3) is 0 Å². The molecule has 0 spiro atoms. The Bertz CT molecular complexity index is 1980. The molecule has 16 heteroatoms. The van der Waals surface area contributed by atoms with E-state index < -0.39 is 92.1 Å². The second-order valence-corrected chi connectivity index (χ2v) is 27.9. The minimum atomic E-state index is -2.45. The summed E-state index contributed by atoms with van der Waals surface area (Å²) < 4.78 is 36.9. The van der Waals surface area contributed by atoms with Gasteiger partial charge in [0.25, 0.3) is 11.7 Å². The third kappa shape index (κ3) is 15.9. The number of methoxy groups -OCH3 is 3. The molecule has 15 atom stereocenters. The fraction of sp³-hybridized carbons (Fsp3) is 0.768. The summed E-state index contributed by atoms with van der Waals surface area (Å²) in [5, 5.41) is 23.4. The van der Waals surface area contributed by atoms with E-state index in [2.05, 4.69) is 33.9 Å². The van der Waals surface area contributed by atoms with Gasteiger partial charge in [0.05, 0.1) is 24.4 Å². The van der Waals surface area contributed by atoms with Gasteiger partial charge in [-0.1, -0.05) is 84.9 Å². The van der Waals surface area contributed by atoms with E-state index in [9.17, 15) is 34.2 Å². The average Bonchev–Trinajstić information content (AvgIpc) is 3.32. The number of aliphatic hydroxyl groups is 2. The smallest absolute Gasteiger partial charge is 0.329 e. The van der Waals surface area contributed by atoms with Crippen molar-refractivity contribution in [1.82, 2.24) is 4.90 Å². The van der Waals surface area contributed by atoms with Crippen molar-refractivity contribution in [2.45, 2.75) is 218 Å². The number of aliphatic hydroxyl groups excluding tert-OH is 1. The quantitative estimate of drug-likeness (QED) is 0.0914. The maximum atomic E-state index is 14.5. The molecule has 3 aliphatic heterocycles. The van der Waals surface area contributed by atoms with Crippen LogP contribution in [0.4, 0.5) is 0 Å². The van der Waals surface area contributed by atoms with Gasteiger partial charge < -0.3 is 49.0 Å². The molecule has 0 aromatic rings. The van der Waals surface area contributed by atoms with Gasteiger partial charge >= 0.3 is 5.97 Å². The van der Waals surface area contributed by atoms with E-state index in [4.69, 9.17) is 33.8 Å². The van der Waals surface area contributed by atoms with Crippen molar-refractivity contribution in [3.05, 3.63) is 47.6 Å². The van der Waals surface area contributed by atoms with E-state index in [1.807, 2.05) is 44.2 Å². The number of ketones is 3. The number of Topliss-reactive ketones (excluding diaryl/α,β-unsaturated/α-hetero) is 3. The molecule has 1 saturated carbocycles. The molecule has 0 radical (unpaired) electrons. The Morgan fingerprint density at radius 2 is 1.56 bits per heavy atom. The lowest BCUT2D eigenvalue weighted by Crippen LogP contribution is -2.61. The lowest BCUT2D eigenvalue weighted by molar-refractivity contribution is -0.265. The third-order valence-corrected chi connectivity index (χ3v) is 20.9. The Balaban J connectivity index is 1.70.